The molecule has 1 N–H and O–H groups in total. The SMILES string of the molecule is CNCC(c1ccc(Cl)cc1Cl)C(C)C. The zero-order valence-corrected chi connectivity index (χ0v) is 10.9. The fourth-order valence-electron chi connectivity index (χ4n) is 1.73. The Morgan fingerprint density at radius 1 is 1.27 bits per heavy atom. The minimum absolute atomic E-state index is 0.430. The van der Waals surface area contributed by atoms with E-state index in [-0.39, 0.29) is 0 Å². The fourth-order valence-corrected chi connectivity index (χ4v) is 2.28. The average molecular weight is 246 g/mol. The molecule has 0 aromatic heterocycles. The molecule has 0 aliphatic heterocycles. The third-order valence-corrected chi connectivity index (χ3v) is 3.15. The molecule has 15 heavy (non-hydrogen) atoms. The first-order valence-electron chi connectivity index (χ1n) is 5.15. The van der Waals surface area contributed by atoms with Crippen LogP contribution in [0.15, 0.2) is 18.2 Å². The van der Waals surface area contributed by atoms with E-state index in [1.807, 2.05) is 25.2 Å². The molecule has 1 aromatic rings. The van der Waals surface area contributed by atoms with Crippen LogP contribution in [0, 0.1) is 5.92 Å². The van der Waals surface area contributed by atoms with Gasteiger partial charge in [-0.1, -0.05) is 43.1 Å². The van der Waals surface area contributed by atoms with Crippen LogP contribution in [-0.2, 0) is 0 Å². The molecular weight excluding hydrogens is 229 g/mol. The number of rotatable bonds is 4. The fraction of sp³-hybridized carbons (Fsp3) is 0.500. The van der Waals surface area contributed by atoms with E-state index >= 15 is 0 Å². The van der Waals surface area contributed by atoms with E-state index in [4.69, 9.17) is 23.2 Å². The standard InChI is InChI=1S/C12H17Cl2N/c1-8(2)11(7-15-3)10-5-4-9(13)6-12(10)14/h4-6,8,11,15H,7H2,1-3H3. The van der Waals surface area contributed by atoms with Crippen molar-refractivity contribution in [2.45, 2.75) is 19.8 Å². The predicted octanol–water partition coefficient (Wildman–Crippen LogP) is 3.95. The number of hydrogen-bond acceptors (Lipinski definition) is 1. The van der Waals surface area contributed by atoms with Crippen LogP contribution in [0.3, 0.4) is 0 Å². The maximum absolute atomic E-state index is 6.19. The molecule has 1 unspecified atom stereocenters. The lowest BCUT2D eigenvalue weighted by molar-refractivity contribution is 0.478. The second kappa shape index (κ2) is 5.74. The lowest BCUT2D eigenvalue weighted by atomic mass is 9.88. The Hall–Kier alpha value is -0.240. The minimum atomic E-state index is 0.430. The second-order valence-corrected chi connectivity index (χ2v) is 4.92. The summed E-state index contributed by atoms with van der Waals surface area (Å²) in [6, 6.07) is 5.73. The minimum Gasteiger partial charge on any atom is -0.319 e. The van der Waals surface area contributed by atoms with Crippen LogP contribution < -0.4 is 5.32 Å². The molecule has 0 heterocycles. The smallest absolute Gasteiger partial charge is 0.0456 e. The van der Waals surface area contributed by atoms with E-state index in [2.05, 4.69) is 19.2 Å². The molecule has 0 fully saturated rings. The molecule has 1 atom stereocenters. The van der Waals surface area contributed by atoms with Gasteiger partial charge in [-0.05, 0) is 30.7 Å². The molecule has 1 aromatic carbocycles. The number of likely N-dealkylation sites (N-methyl/N-ethyl adjacent to an activating group) is 1. The zero-order valence-electron chi connectivity index (χ0n) is 9.35. The third kappa shape index (κ3) is 3.37. The average Bonchev–Trinajstić information content (AvgIpc) is 2.15. The topological polar surface area (TPSA) is 12.0 Å². The Balaban J connectivity index is 3.00. The van der Waals surface area contributed by atoms with Crippen molar-refractivity contribution in [3.63, 3.8) is 0 Å². The molecule has 0 saturated carbocycles. The first kappa shape index (κ1) is 12.8. The Morgan fingerprint density at radius 2 is 1.93 bits per heavy atom. The highest BCUT2D eigenvalue weighted by molar-refractivity contribution is 6.35. The van der Waals surface area contributed by atoms with Gasteiger partial charge < -0.3 is 5.32 Å². The summed E-state index contributed by atoms with van der Waals surface area (Å²) in [6.07, 6.45) is 0. The van der Waals surface area contributed by atoms with Gasteiger partial charge in [-0.25, -0.2) is 0 Å². The Morgan fingerprint density at radius 3 is 2.40 bits per heavy atom. The van der Waals surface area contributed by atoms with Crippen LogP contribution >= 0.6 is 23.2 Å². The summed E-state index contributed by atoms with van der Waals surface area (Å²) in [6.45, 7) is 5.33. The van der Waals surface area contributed by atoms with Gasteiger partial charge in [-0.3, -0.25) is 0 Å². The Bertz CT molecular complexity index is 323. The van der Waals surface area contributed by atoms with Gasteiger partial charge in [-0.15, -0.1) is 0 Å². The maximum Gasteiger partial charge on any atom is 0.0456 e. The number of benzene rings is 1. The quantitative estimate of drug-likeness (QED) is 0.848. The molecule has 3 heteroatoms. The van der Waals surface area contributed by atoms with Crippen molar-refractivity contribution in [2.24, 2.45) is 5.92 Å². The van der Waals surface area contributed by atoms with Gasteiger partial charge in [0.2, 0.25) is 0 Å². The van der Waals surface area contributed by atoms with Crippen molar-refractivity contribution in [3.05, 3.63) is 33.8 Å². The van der Waals surface area contributed by atoms with E-state index in [0.29, 0.717) is 16.9 Å². The molecule has 0 saturated heterocycles. The van der Waals surface area contributed by atoms with Crippen molar-refractivity contribution in [1.82, 2.24) is 5.32 Å². The van der Waals surface area contributed by atoms with Gasteiger partial charge in [0.25, 0.3) is 0 Å². The van der Waals surface area contributed by atoms with E-state index in [1.54, 1.807) is 0 Å². The van der Waals surface area contributed by atoms with Crippen LogP contribution in [0.4, 0.5) is 0 Å². The molecule has 1 nitrogen and oxygen atoms in total. The van der Waals surface area contributed by atoms with Gasteiger partial charge in [0.1, 0.15) is 0 Å². The molecule has 0 spiro atoms. The summed E-state index contributed by atoms with van der Waals surface area (Å²) >= 11 is 12.1. The van der Waals surface area contributed by atoms with Crippen molar-refractivity contribution in [2.75, 3.05) is 13.6 Å². The molecular formula is C12H17Cl2N. The maximum atomic E-state index is 6.19. The molecule has 0 bridgehead atoms. The van der Waals surface area contributed by atoms with Gasteiger partial charge >= 0.3 is 0 Å². The van der Waals surface area contributed by atoms with E-state index < -0.39 is 0 Å². The molecule has 1 rings (SSSR count). The first-order valence-corrected chi connectivity index (χ1v) is 5.91. The first-order chi connectivity index (χ1) is 7.06. The van der Waals surface area contributed by atoms with Crippen molar-refractivity contribution >= 4 is 23.2 Å². The predicted molar refractivity (Wildman–Crippen MR) is 68.0 cm³/mol. The zero-order chi connectivity index (χ0) is 11.4. The van der Waals surface area contributed by atoms with Crippen LogP contribution in [0.25, 0.3) is 0 Å². The number of hydrogen-bond donors (Lipinski definition) is 1. The highest BCUT2D eigenvalue weighted by Crippen LogP contribution is 2.31. The van der Waals surface area contributed by atoms with Gasteiger partial charge in [0.15, 0.2) is 0 Å². The molecule has 0 aliphatic carbocycles. The number of nitrogens with one attached hydrogen (secondary N) is 1. The molecule has 0 amide bonds. The van der Waals surface area contributed by atoms with E-state index in [1.165, 1.54) is 5.56 Å². The summed E-state index contributed by atoms with van der Waals surface area (Å²) in [5, 5.41) is 4.65. The van der Waals surface area contributed by atoms with Crippen LogP contribution in [0.2, 0.25) is 10.0 Å². The summed E-state index contributed by atoms with van der Waals surface area (Å²) in [5.74, 6) is 0.982. The molecule has 84 valence electrons. The monoisotopic (exact) mass is 245 g/mol. The molecule has 0 radical (unpaired) electrons. The Kier molecular flexibility index (Phi) is 4.91. The van der Waals surface area contributed by atoms with Gasteiger partial charge in [0, 0.05) is 22.5 Å². The van der Waals surface area contributed by atoms with E-state index in [9.17, 15) is 0 Å². The van der Waals surface area contributed by atoms with Crippen LogP contribution in [0.5, 0.6) is 0 Å². The highest BCUT2D eigenvalue weighted by Gasteiger charge is 2.17. The van der Waals surface area contributed by atoms with Crippen molar-refractivity contribution in [3.8, 4) is 0 Å². The van der Waals surface area contributed by atoms with Gasteiger partial charge in [0.05, 0.1) is 0 Å². The van der Waals surface area contributed by atoms with E-state index in [0.717, 1.165) is 11.6 Å². The second-order valence-electron chi connectivity index (χ2n) is 4.07. The lowest BCUT2D eigenvalue weighted by Crippen LogP contribution is -2.21. The largest absolute Gasteiger partial charge is 0.319 e. The summed E-state index contributed by atoms with van der Waals surface area (Å²) in [4.78, 5) is 0. The Labute approximate surface area is 102 Å². The van der Waals surface area contributed by atoms with Crippen LogP contribution in [0.1, 0.15) is 25.3 Å². The van der Waals surface area contributed by atoms with Crippen molar-refractivity contribution in [1.29, 1.82) is 0 Å². The summed E-state index contributed by atoms with van der Waals surface area (Å²) < 4.78 is 0. The normalized spacial score (nSPS) is 13.2. The molecule has 0 aliphatic rings. The summed E-state index contributed by atoms with van der Waals surface area (Å²) in [5.41, 5.74) is 1.17. The van der Waals surface area contributed by atoms with Crippen molar-refractivity contribution < 1.29 is 0 Å². The van der Waals surface area contributed by atoms with Gasteiger partial charge in [-0.2, -0.15) is 0 Å². The lowest BCUT2D eigenvalue weighted by Gasteiger charge is -2.22. The van der Waals surface area contributed by atoms with Crippen LogP contribution in [-0.4, -0.2) is 13.6 Å². The summed E-state index contributed by atoms with van der Waals surface area (Å²) in [7, 11) is 1.96. The highest BCUT2D eigenvalue weighted by atomic mass is 35.5. The third-order valence-electron chi connectivity index (χ3n) is 2.59. The number of halogens is 2.